The van der Waals surface area contributed by atoms with Crippen LogP contribution < -0.4 is 11.1 Å². The summed E-state index contributed by atoms with van der Waals surface area (Å²) in [7, 11) is 0. The number of rotatable bonds is 4. The van der Waals surface area contributed by atoms with Gasteiger partial charge in [0.1, 0.15) is 16.5 Å². The Kier molecular flexibility index (Phi) is 6.52. The second kappa shape index (κ2) is 8.77. The van der Waals surface area contributed by atoms with Crippen molar-refractivity contribution in [2.75, 3.05) is 5.32 Å². The van der Waals surface area contributed by atoms with Crippen molar-refractivity contribution in [2.24, 2.45) is 5.73 Å². The quantitative estimate of drug-likeness (QED) is 0.644. The summed E-state index contributed by atoms with van der Waals surface area (Å²) < 4.78 is 6.27. The van der Waals surface area contributed by atoms with E-state index in [1.54, 1.807) is 26.8 Å². The fraction of sp³-hybridized carbons (Fsp3) is 0.381. The van der Waals surface area contributed by atoms with Crippen LogP contribution in [0.5, 0.6) is 0 Å². The van der Waals surface area contributed by atoms with Gasteiger partial charge in [0.05, 0.1) is 15.5 Å². The lowest BCUT2D eigenvalue weighted by Gasteiger charge is -2.32. The zero-order valence-corrected chi connectivity index (χ0v) is 19.4. The number of likely N-dealkylation sites (tertiary alicyclic amines) is 1. The van der Waals surface area contributed by atoms with Crippen LogP contribution in [-0.4, -0.2) is 34.5 Å². The van der Waals surface area contributed by atoms with E-state index in [-0.39, 0.29) is 16.8 Å². The van der Waals surface area contributed by atoms with Gasteiger partial charge in [-0.05, 0) is 61.2 Å². The molecule has 30 heavy (non-hydrogen) atoms. The summed E-state index contributed by atoms with van der Waals surface area (Å²) in [5.74, 6) is -1.01. The first kappa shape index (κ1) is 22.3. The van der Waals surface area contributed by atoms with Gasteiger partial charge in [0.2, 0.25) is 5.91 Å². The molecule has 1 aliphatic rings. The third-order valence-electron chi connectivity index (χ3n) is 4.66. The first-order valence-corrected chi connectivity index (χ1v) is 11.1. The highest BCUT2D eigenvalue weighted by atomic mass is 79.9. The molecule has 1 aliphatic heterocycles. The van der Waals surface area contributed by atoms with Crippen LogP contribution in [0.1, 0.15) is 54.9 Å². The van der Waals surface area contributed by atoms with Crippen LogP contribution in [0.25, 0.3) is 0 Å². The van der Waals surface area contributed by atoms with Gasteiger partial charge in [-0.15, -0.1) is 11.3 Å². The monoisotopic (exact) mass is 493 g/mol. The van der Waals surface area contributed by atoms with E-state index in [1.807, 2.05) is 30.3 Å². The molecular weight excluding hydrogens is 470 g/mol. The molecule has 0 unspecified atom stereocenters. The van der Waals surface area contributed by atoms with E-state index in [2.05, 4.69) is 21.2 Å². The summed E-state index contributed by atoms with van der Waals surface area (Å²) in [4.78, 5) is 39.6. The van der Waals surface area contributed by atoms with Crippen LogP contribution in [0, 0.1) is 0 Å². The molecule has 0 saturated carbocycles. The van der Waals surface area contributed by atoms with Gasteiger partial charge in [0, 0.05) is 0 Å². The molecule has 1 saturated heterocycles. The molecule has 7 nitrogen and oxygen atoms in total. The SMILES string of the molecule is CC(C)(C)OC(=O)N1[C@@H](c2ccccc2)CC[C@H]1C(=O)Nc1cc(Br)sc1C(N)=O. The van der Waals surface area contributed by atoms with Gasteiger partial charge in [0.15, 0.2) is 0 Å². The third kappa shape index (κ3) is 5.02. The number of ether oxygens (including phenoxy) is 1. The van der Waals surface area contributed by atoms with Gasteiger partial charge >= 0.3 is 6.09 Å². The summed E-state index contributed by atoms with van der Waals surface area (Å²) in [5.41, 5.74) is 5.99. The molecule has 3 amide bonds. The number of hydrogen-bond acceptors (Lipinski definition) is 5. The fourth-order valence-corrected chi connectivity index (χ4v) is 4.90. The summed E-state index contributed by atoms with van der Waals surface area (Å²) in [6.07, 6.45) is 0.551. The number of carbonyl (C=O) groups excluding carboxylic acids is 3. The summed E-state index contributed by atoms with van der Waals surface area (Å²) in [5, 5.41) is 2.77. The lowest BCUT2D eigenvalue weighted by atomic mass is 10.1. The third-order valence-corrected chi connectivity index (χ3v) is 6.31. The summed E-state index contributed by atoms with van der Waals surface area (Å²) >= 11 is 4.45. The van der Waals surface area contributed by atoms with Gasteiger partial charge in [-0.2, -0.15) is 0 Å². The number of hydrogen-bond donors (Lipinski definition) is 2. The molecule has 2 heterocycles. The number of nitrogens with zero attached hydrogens (tertiary/aromatic N) is 1. The molecule has 0 spiro atoms. The molecule has 9 heteroatoms. The van der Waals surface area contributed by atoms with Crippen molar-refractivity contribution < 1.29 is 19.1 Å². The maximum absolute atomic E-state index is 13.1. The minimum absolute atomic E-state index is 0.247. The van der Waals surface area contributed by atoms with E-state index in [4.69, 9.17) is 10.5 Å². The largest absolute Gasteiger partial charge is 0.444 e. The highest BCUT2D eigenvalue weighted by Gasteiger charge is 2.43. The molecule has 160 valence electrons. The molecular formula is C21H24BrN3O4S. The van der Waals surface area contributed by atoms with Crippen LogP contribution in [0.4, 0.5) is 10.5 Å². The smallest absolute Gasteiger partial charge is 0.411 e. The first-order valence-electron chi connectivity index (χ1n) is 9.53. The van der Waals surface area contributed by atoms with E-state index < -0.39 is 23.6 Å². The van der Waals surface area contributed by atoms with Crippen LogP contribution >= 0.6 is 27.3 Å². The summed E-state index contributed by atoms with van der Waals surface area (Å²) in [6.45, 7) is 5.36. The Balaban J connectivity index is 1.89. The number of nitrogens with two attached hydrogens (primary N) is 1. The van der Waals surface area contributed by atoms with Crippen molar-refractivity contribution in [3.63, 3.8) is 0 Å². The van der Waals surface area contributed by atoms with E-state index in [1.165, 1.54) is 4.90 Å². The number of anilines is 1. The zero-order valence-electron chi connectivity index (χ0n) is 17.0. The Morgan fingerprint density at radius 3 is 2.47 bits per heavy atom. The standard InChI is InChI=1S/C21H24BrN3O4S/c1-21(2,3)29-20(28)25-14(12-7-5-4-6-8-12)9-10-15(25)19(27)24-13-11-16(22)30-17(13)18(23)26/h4-8,11,14-15H,9-10H2,1-3H3,(H2,23,26)(H,24,27)/t14-,15+/m1/s1. The lowest BCUT2D eigenvalue weighted by Crippen LogP contribution is -2.46. The van der Waals surface area contributed by atoms with Crippen molar-refractivity contribution in [1.82, 2.24) is 4.90 Å². The van der Waals surface area contributed by atoms with Crippen molar-refractivity contribution in [2.45, 2.75) is 51.3 Å². The molecule has 0 bridgehead atoms. The van der Waals surface area contributed by atoms with Gasteiger partial charge in [-0.3, -0.25) is 14.5 Å². The molecule has 1 aromatic heterocycles. The lowest BCUT2D eigenvalue weighted by molar-refractivity contribution is -0.120. The van der Waals surface area contributed by atoms with Crippen LogP contribution in [0.15, 0.2) is 40.2 Å². The van der Waals surface area contributed by atoms with Crippen LogP contribution in [-0.2, 0) is 9.53 Å². The Morgan fingerprint density at radius 1 is 1.20 bits per heavy atom. The maximum atomic E-state index is 13.1. The van der Waals surface area contributed by atoms with Crippen molar-refractivity contribution >= 4 is 50.9 Å². The Bertz CT molecular complexity index is 955. The highest BCUT2D eigenvalue weighted by Crippen LogP contribution is 2.38. The van der Waals surface area contributed by atoms with E-state index >= 15 is 0 Å². The topological polar surface area (TPSA) is 102 Å². The molecule has 2 aromatic rings. The number of thiophene rings is 1. The normalized spacial score (nSPS) is 18.9. The highest BCUT2D eigenvalue weighted by molar-refractivity contribution is 9.11. The second-order valence-electron chi connectivity index (χ2n) is 8.05. The number of halogens is 1. The van der Waals surface area contributed by atoms with E-state index in [0.29, 0.717) is 22.3 Å². The minimum atomic E-state index is -0.732. The van der Waals surface area contributed by atoms with Gasteiger partial charge < -0.3 is 15.8 Å². The zero-order chi connectivity index (χ0) is 22.1. The van der Waals surface area contributed by atoms with E-state index in [0.717, 1.165) is 16.9 Å². The average Bonchev–Trinajstić information content (AvgIpc) is 3.25. The van der Waals surface area contributed by atoms with Crippen LogP contribution in [0.2, 0.25) is 0 Å². The second-order valence-corrected chi connectivity index (χ2v) is 10.5. The molecule has 1 fully saturated rings. The molecule has 3 rings (SSSR count). The van der Waals surface area contributed by atoms with Gasteiger partial charge in [-0.1, -0.05) is 30.3 Å². The molecule has 0 aliphatic carbocycles. The number of amides is 3. The Hall–Kier alpha value is -2.39. The van der Waals surface area contributed by atoms with Gasteiger partial charge in [-0.25, -0.2) is 4.79 Å². The number of nitrogens with one attached hydrogen (secondary N) is 1. The van der Waals surface area contributed by atoms with Crippen molar-refractivity contribution in [3.8, 4) is 0 Å². The predicted octanol–water partition coefficient (Wildman–Crippen LogP) is 4.69. The average molecular weight is 494 g/mol. The molecule has 1 aromatic carbocycles. The summed E-state index contributed by atoms with van der Waals surface area (Å²) in [6, 6.07) is 10.2. The fourth-order valence-electron chi connectivity index (χ4n) is 3.49. The molecule has 3 N–H and O–H groups in total. The Labute approximate surface area is 187 Å². The van der Waals surface area contributed by atoms with Crippen molar-refractivity contribution in [1.29, 1.82) is 0 Å². The first-order chi connectivity index (χ1) is 14.1. The van der Waals surface area contributed by atoms with E-state index in [9.17, 15) is 14.4 Å². The van der Waals surface area contributed by atoms with Crippen LogP contribution in [0.3, 0.4) is 0 Å². The van der Waals surface area contributed by atoms with Crippen molar-refractivity contribution in [3.05, 3.63) is 50.6 Å². The maximum Gasteiger partial charge on any atom is 0.411 e. The number of carbonyl (C=O) groups is 3. The number of primary amides is 1. The Morgan fingerprint density at radius 2 is 1.87 bits per heavy atom. The molecule has 2 atom stereocenters. The predicted molar refractivity (Wildman–Crippen MR) is 119 cm³/mol. The minimum Gasteiger partial charge on any atom is -0.444 e. The van der Waals surface area contributed by atoms with Gasteiger partial charge in [0.25, 0.3) is 5.91 Å². The number of benzene rings is 1. The molecule has 0 radical (unpaired) electrons.